The van der Waals surface area contributed by atoms with Crippen molar-refractivity contribution in [3.63, 3.8) is 0 Å². The van der Waals surface area contributed by atoms with Crippen LogP contribution in [-0.2, 0) is 15.7 Å². The smallest absolute Gasteiger partial charge is 0.382 e. The number of alkyl halides is 3. The van der Waals surface area contributed by atoms with Crippen molar-refractivity contribution in [1.82, 2.24) is 9.88 Å². The van der Waals surface area contributed by atoms with Crippen LogP contribution in [0.4, 0.5) is 34.1 Å². The maximum atomic E-state index is 13.5. The van der Waals surface area contributed by atoms with E-state index in [9.17, 15) is 32.5 Å². The number of amides is 1. The Bertz CT molecular complexity index is 1390. The number of benzene rings is 2. The van der Waals surface area contributed by atoms with E-state index >= 15 is 0 Å². The number of nitrogens with zero attached hydrogens (tertiary/aromatic N) is 4. The Morgan fingerprint density at radius 2 is 1.82 bits per heavy atom. The lowest BCUT2D eigenvalue weighted by Crippen LogP contribution is -2.50. The molecule has 1 amide bonds. The Balaban J connectivity index is 1.05. The molecule has 14 heteroatoms. The van der Waals surface area contributed by atoms with Gasteiger partial charge in [-0.05, 0) is 49.9 Å². The number of carbonyl (C=O) groups is 1. The van der Waals surface area contributed by atoms with Gasteiger partial charge in [0.25, 0.3) is 5.69 Å². The first-order valence-corrected chi connectivity index (χ1v) is 13.7. The molecular formula is C26H27F4N5O4S. The molecule has 5 rings (SSSR count). The summed E-state index contributed by atoms with van der Waals surface area (Å²) in [4.78, 5) is 31.0. The molecule has 1 N–H and O–H groups in total. The van der Waals surface area contributed by atoms with Crippen molar-refractivity contribution < 1.29 is 32.0 Å². The van der Waals surface area contributed by atoms with Gasteiger partial charge in [0.2, 0.25) is 5.91 Å². The van der Waals surface area contributed by atoms with Crippen LogP contribution in [0.1, 0.15) is 31.2 Å². The maximum absolute atomic E-state index is 13.5. The van der Waals surface area contributed by atoms with Gasteiger partial charge in [-0.3, -0.25) is 14.9 Å². The van der Waals surface area contributed by atoms with Crippen LogP contribution in [0.2, 0.25) is 0 Å². The number of ether oxygens (including phenoxy) is 1. The minimum absolute atomic E-state index is 0.0412. The van der Waals surface area contributed by atoms with Crippen LogP contribution in [-0.4, -0.2) is 65.6 Å². The Hall–Kier alpha value is -3.52. The van der Waals surface area contributed by atoms with Crippen molar-refractivity contribution in [2.75, 3.05) is 43.0 Å². The molecule has 2 fully saturated rings. The van der Waals surface area contributed by atoms with Crippen LogP contribution in [0.25, 0.3) is 10.2 Å². The van der Waals surface area contributed by atoms with E-state index in [1.165, 1.54) is 29.5 Å². The largest absolute Gasteiger partial charge is 0.423 e. The second-order valence-electron chi connectivity index (χ2n) is 9.89. The number of hydrogen-bond donors (Lipinski definition) is 1. The normalized spacial score (nSPS) is 20.1. The molecule has 40 heavy (non-hydrogen) atoms. The van der Waals surface area contributed by atoms with Crippen molar-refractivity contribution >= 4 is 44.0 Å². The quantitative estimate of drug-likeness (QED) is 0.225. The maximum Gasteiger partial charge on any atom is 0.423 e. The molecule has 1 aliphatic heterocycles. The summed E-state index contributed by atoms with van der Waals surface area (Å²) in [5, 5.41) is 14.8. The lowest BCUT2D eigenvalue weighted by atomic mass is 9.92. The molecule has 1 aliphatic carbocycles. The molecule has 1 saturated heterocycles. The van der Waals surface area contributed by atoms with E-state index in [2.05, 4.69) is 15.2 Å². The number of hydrogen-bond acceptors (Lipinski definition) is 8. The van der Waals surface area contributed by atoms with Crippen LogP contribution in [0.3, 0.4) is 0 Å². The number of nitro benzene ring substituents is 1. The lowest BCUT2D eigenvalue weighted by molar-refractivity contribution is -0.388. The number of halogens is 4. The monoisotopic (exact) mass is 581 g/mol. The number of carbonyl (C=O) groups excluding carboxylic acids is 1. The third-order valence-electron chi connectivity index (χ3n) is 7.23. The number of rotatable bonds is 7. The van der Waals surface area contributed by atoms with Crippen molar-refractivity contribution in [3.8, 4) is 0 Å². The number of nitrogens with one attached hydrogen (secondary N) is 1. The van der Waals surface area contributed by atoms with Crippen LogP contribution < -0.4 is 10.2 Å². The predicted octanol–water partition coefficient (Wildman–Crippen LogP) is 5.45. The minimum atomic E-state index is -4.83. The number of aromatic nitrogens is 1. The summed E-state index contributed by atoms with van der Waals surface area (Å²) in [6.45, 7) is 2.24. The fraction of sp³-hybridized carbons (Fsp3) is 0.462. The standard InChI is InChI=1S/C26H27F4N5O4S/c27-16-1-8-23-21(13-16)32-25(40-23)34-11-9-33(10-12-34)24(36)15-39-19-5-2-17(3-6-19)31-18-4-7-22(35(37)38)20(14-18)26(28,29)30/h1,4,7-8,13-14,17,19,31H,2-3,5-6,9-12,15H2. The average molecular weight is 582 g/mol. The van der Waals surface area contributed by atoms with Gasteiger partial charge in [-0.2, -0.15) is 13.2 Å². The molecule has 2 heterocycles. The van der Waals surface area contributed by atoms with E-state index in [1.54, 1.807) is 11.0 Å². The Labute approximate surface area is 230 Å². The zero-order valence-electron chi connectivity index (χ0n) is 21.3. The fourth-order valence-electron chi connectivity index (χ4n) is 5.07. The number of anilines is 2. The molecule has 2 aliphatic rings. The van der Waals surface area contributed by atoms with E-state index in [0.717, 1.165) is 22.0 Å². The highest BCUT2D eigenvalue weighted by Crippen LogP contribution is 2.38. The molecule has 0 unspecified atom stereocenters. The molecule has 0 spiro atoms. The van der Waals surface area contributed by atoms with Gasteiger partial charge in [0, 0.05) is 50.0 Å². The Morgan fingerprint density at radius 1 is 1.10 bits per heavy atom. The van der Waals surface area contributed by atoms with E-state index in [4.69, 9.17) is 4.74 Å². The third kappa shape index (κ3) is 6.44. The summed E-state index contributed by atoms with van der Waals surface area (Å²) >= 11 is 1.49. The highest BCUT2D eigenvalue weighted by molar-refractivity contribution is 7.22. The Morgan fingerprint density at radius 3 is 2.50 bits per heavy atom. The molecule has 0 bridgehead atoms. The summed E-state index contributed by atoms with van der Waals surface area (Å²) in [7, 11) is 0. The second-order valence-corrected chi connectivity index (χ2v) is 10.9. The van der Waals surface area contributed by atoms with Gasteiger partial charge < -0.3 is 19.9 Å². The molecule has 3 aromatic rings. The van der Waals surface area contributed by atoms with Gasteiger partial charge in [0.15, 0.2) is 5.13 Å². The summed E-state index contributed by atoms with van der Waals surface area (Å²) in [5.41, 5.74) is -1.46. The third-order valence-corrected chi connectivity index (χ3v) is 8.32. The zero-order chi connectivity index (χ0) is 28.4. The van der Waals surface area contributed by atoms with Crippen molar-refractivity contribution in [1.29, 1.82) is 0 Å². The van der Waals surface area contributed by atoms with Crippen LogP contribution in [0, 0.1) is 15.9 Å². The number of thiazole rings is 1. The first-order valence-electron chi connectivity index (χ1n) is 12.9. The van der Waals surface area contributed by atoms with Crippen LogP contribution >= 0.6 is 11.3 Å². The summed E-state index contributed by atoms with van der Waals surface area (Å²) < 4.78 is 60.0. The van der Waals surface area contributed by atoms with Gasteiger partial charge in [0.1, 0.15) is 18.0 Å². The van der Waals surface area contributed by atoms with Crippen molar-refractivity contribution in [2.45, 2.75) is 44.0 Å². The molecule has 0 atom stereocenters. The van der Waals surface area contributed by atoms with Gasteiger partial charge in [0.05, 0.1) is 21.2 Å². The second kappa shape index (κ2) is 11.5. The van der Waals surface area contributed by atoms with Gasteiger partial charge in [-0.15, -0.1) is 0 Å². The van der Waals surface area contributed by atoms with E-state index in [0.29, 0.717) is 57.4 Å². The first kappa shape index (κ1) is 28.0. The highest BCUT2D eigenvalue weighted by atomic mass is 32.1. The van der Waals surface area contributed by atoms with Gasteiger partial charge >= 0.3 is 6.18 Å². The van der Waals surface area contributed by atoms with Crippen LogP contribution in [0.5, 0.6) is 0 Å². The molecule has 1 saturated carbocycles. The topological polar surface area (TPSA) is 101 Å². The predicted molar refractivity (Wildman–Crippen MR) is 142 cm³/mol. The van der Waals surface area contributed by atoms with E-state index < -0.39 is 22.4 Å². The molecule has 2 aromatic carbocycles. The summed E-state index contributed by atoms with van der Waals surface area (Å²) in [6.07, 6.45) is -2.44. The highest BCUT2D eigenvalue weighted by Gasteiger charge is 2.38. The van der Waals surface area contributed by atoms with Crippen LogP contribution in [0.15, 0.2) is 36.4 Å². The summed E-state index contributed by atoms with van der Waals surface area (Å²) in [6, 6.07) is 7.36. The molecular weight excluding hydrogens is 554 g/mol. The molecule has 214 valence electrons. The van der Waals surface area contributed by atoms with Crippen molar-refractivity contribution in [3.05, 3.63) is 57.9 Å². The van der Waals surface area contributed by atoms with Gasteiger partial charge in [-0.25, -0.2) is 9.37 Å². The van der Waals surface area contributed by atoms with Crippen molar-refractivity contribution in [2.24, 2.45) is 0 Å². The molecule has 9 nitrogen and oxygen atoms in total. The fourth-order valence-corrected chi connectivity index (χ4v) is 6.07. The summed E-state index contributed by atoms with van der Waals surface area (Å²) in [5.74, 6) is -0.426. The minimum Gasteiger partial charge on any atom is -0.382 e. The zero-order valence-corrected chi connectivity index (χ0v) is 22.1. The number of fused-ring (bicyclic) bond motifs is 1. The average Bonchev–Trinajstić information content (AvgIpc) is 3.35. The molecule has 1 aromatic heterocycles. The van der Waals surface area contributed by atoms with Gasteiger partial charge in [-0.1, -0.05) is 11.3 Å². The number of piperazine rings is 1. The Kier molecular flexibility index (Phi) is 8.08. The van der Waals surface area contributed by atoms with E-state index in [1.807, 2.05) is 0 Å². The van der Waals surface area contributed by atoms with E-state index in [-0.39, 0.29) is 36.2 Å². The number of nitro groups is 1. The SMILES string of the molecule is O=C(COC1CCC(Nc2ccc([N+](=O)[O-])c(C(F)(F)F)c2)CC1)N1CCN(c2nc3cc(F)ccc3s2)CC1. The lowest BCUT2D eigenvalue weighted by Gasteiger charge is -2.35. The molecule has 0 radical (unpaired) electrons. The first-order chi connectivity index (χ1) is 19.1.